The lowest BCUT2D eigenvalue weighted by molar-refractivity contribution is -0.153. The first-order valence-electron chi connectivity index (χ1n) is 9.27. The van der Waals surface area contributed by atoms with Crippen LogP contribution in [-0.4, -0.2) is 77.2 Å². The number of esters is 2. The fourth-order valence-electron chi connectivity index (χ4n) is 2.97. The summed E-state index contributed by atoms with van der Waals surface area (Å²) in [5, 5.41) is 34.8. The molecule has 2 rings (SSSR count). The van der Waals surface area contributed by atoms with Gasteiger partial charge in [0, 0.05) is 6.54 Å². The Kier molecular flexibility index (Phi) is 8.18. The number of cyclic esters (lactones) is 1. The average molecular weight is 401 g/mol. The van der Waals surface area contributed by atoms with E-state index in [2.05, 4.69) is 10.6 Å². The Morgan fingerprint density at radius 3 is 2.79 bits per heavy atom. The molecule has 7 N–H and O–H groups in total. The minimum absolute atomic E-state index is 0.0123. The van der Waals surface area contributed by atoms with Crippen molar-refractivity contribution in [3.05, 3.63) is 11.5 Å². The molecular formula is C17H27N3O8. The number of aliphatic carboxylic acids is 1. The molecule has 0 radical (unpaired) electrons. The fourth-order valence-corrected chi connectivity index (χ4v) is 2.97. The maximum atomic E-state index is 12.0. The number of ether oxygens (including phenoxy) is 2. The van der Waals surface area contributed by atoms with Crippen LogP contribution in [0.4, 0.5) is 0 Å². The number of hydrogen-bond acceptors (Lipinski definition) is 10. The number of rotatable bonds is 11. The van der Waals surface area contributed by atoms with Crippen LogP contribution in [0.2, 0.25) is 0 Å². The lowest BCUT2D eigenvalue weighted by Crippen LogP contribution is -2.38. The van der Waals surface area contributed by atoms with E-state index >= 15 is 0 Å². The first kappa shape index (κ1) is 22.1. The molecule has 4 unspecified atom stereocenters. The Balaban J connectivity index is 1.74. The SMILES string of the molecule is NC(CCCCNCC(O)C1OC(=O)C(OC(=O)C2CCCN2)=C1O)C(=O)O. The highest BCUT2D eigenvalue weighted by Gasteiger charge is 2.42. The van der Waals surface area contributed by atoms with E-state index in [1.165, 1.54) is 0 Å². The summed E-state index contributed by atoms with van der Waals surface area (Å²) in [6, 6.07) is -1.43. The van der Waals surface area contributed by atoms with Crippen LogP contribution >= 0.6 is 0 Å². The molecule has 1 saturated heterocycles. The molecule has 2 aliphatic rings. The molecule has 0 spiro atoms. The molecule has 2 heterocycles. The van der Waals surface area contributed by atoms with Crippen LogP contribution in [0.1, 0.15) is 32.1 Å². The number of carboxylic acids is 1. The number of carboxylic acid groups (broad SMARTS) is 1. The van der Waals surface area contributed by atoms with Crippen molar-refractivity contribution in [3.8, 4) is 0 Å². The molecule has 2 aliphatic heterocycles. The van der Waals surface area contributed by atoms with Gasteiger partial charge in [-0.3, -0.25) is 4.79 Å². The van der Waals surface area contributed by atoms with Crippen molar-refractivity contribution in [3.63, 3.8) is 0 Å². The smallest absolute Gasteiger partial charge is 0.378 e. The van der Waals surface area contributed by atoms with Crippen LogP contribution in [0.5, 0.6) is 0 Å². The Bertz CT molecular complexity index is 618. The number of aliphatic hydroxyl groups is 2. The van der Waals surface area contributed by atoms with Crippen molar-refractivity contribution in [1.82, 2.24) is 10.6 Å². The topological polar surface area (TPSA) is 180 Å². The number of carbonyl (C=O) groups is 3. The van der Waals surface area contributed by atoms with E-state index in [4.69, 9.17) is 20.3 Å². The maximum Gasteiger partial charge on any atom is 0.378 e. The Morgan fingerprint density at radius 1 is 1.39 bits per heavy atom. The summed E-state index contributed by atoms with van der Waals surface area (Å²) in [4.78, 5) is 34.4. The fraction of sp³-hybridized carbons (Fsp3) is 0.706. The zero-order chi connectivity index (χ0) is 20.7. The normalized spacial score (nSPS) is 24.1. The standard InChI is InChI=1S/C17H27N3O8/c18-9(15(23)24)4-1-2-6-19-8-11(21)13-12(22)14(17(26)27-13)28-16(25)10-5-3-7-20-10/h9-11,13,19-22H,1-8,18H2,(H,23,24). The molecule has 0 amide bonds. The zero-order valence-electron chi connectivity index (χ0n) is 15.4. The largest absolute Gasteiger partial charge is 0.505 e. The maximum absolute atomic E-state index is 12.0. The summed E-state index contributed by atoms with van der Waals surface area (Å²) in [6.07, 6.45) is 0.395. The van der Waals surface area contributed by atoms with Crippen molar-refractivity contribution in [2.75, 3.05) is 19.6 Å². The minimum Gasteiger partial charge on any atom is -0.505 e. The lowest BCUT2D eigenvalue weighted by atomic mass is 10.1. The van der Waals surface area contributed by atoms with Gasteiger partial charge in [-0.1, -0.05) is 6.42 Å². The van der Waals surface area contributed by atoms with Gasteiger partial charge in [-0.05, 0) is 38.8 Å². The molecule has 11 nitrogen and oxygen atoms in total. The second-order valence-corrected chi connectivity index (χ2v) is 6.82. The molecule has 158 valence electrons. The van der Waals surface area contributed by atoms with E-state index in [-0.39, 0.29) is 6.54 Å². The summed E-state index contributed by atoms with van der Waals surface area (Å²) >= 11 is 0. The number of carbonyl (C=O) groups excluding carboxylic acids is 2. The molecule has 1 fully saturated rings. The van der Waals surface area contributed by atoms with Crippen LogP contribution < -0.4 is 16.4 Å². The number of nitrogens with one attached hydrogen (secondary N) is 2. The van der Waals surface area contributed by atoms with Crippen LogP contribution in [0, 0.1) is 0 Å². The minimum atomic E-state index is -1.32. The second kappa shape index (κ2) is 10.4. The molecular weight excluding hydrogens is 374 g/mol. The van der Waals surface area contributed by atoms with Gasteiger partial charge in [0.15, 0.2) is 11.9 Å². The van der Waals surface area contributed by atoms with Gasteiger partial charge >= 0.3 is 17.9 Å². The van der Waals surface area contributed by atoms with Gasteiger partial charge in [0.1, 0.15) is 18.2 Å². The van der Waals surface area contributed by atoms with Crippen molar-refractivity contribution < 1.29 is 39.2 Å². The summed E-state index contributed by atoms with van der Waals surface area (Å²) in [5.41, 5.74) is 5.40. The Labute approximate surface area is 161 Å². The van der Waals surface area contributed by atoms with E-state index in [0.717, 1.165) is 6.42 Å². The second-order valence-electron chi connectivity index (χ2n) is 6.82. The van der Waals surface area contributed by atoms with Gasteiger partial charge < -0.3 is 41.2 Å². The number of hydrogen-bond donors (Lipinski definition) is 6. The lowest BCUT2D eigenvalue weighted by Gasteiger charge is -2.17. The van der Waals surface area contributed by atoms with E-state index < -0.39 is 53.7 Å². The van der Waals surface area contributed by atoms with Gasteiger partial charge in [-0.2, -0.15) is 0 Å². The van der Waals surface area contributed by atoms with Gasteiger partial charge in [0.2, 0.25) is 0 Å². The van der Waals surface area contributed by atoms with Crippen LogP contribution in [0.3, 0.4) is 0 Å². The van der Waals surface area contributed by atoms with Gasteiger partial charge in [-0.25, -0.2) is 9.59 Å². The van der Waals surface area contributed by atoms with Crippen LogP contribution in [0.15, 0.2) is 11.5 Å². The molecule has 0 saturated carbocycles. The van der Waals surface area contributed by atoms with Crippen molar-refractivity contribution in [2.24, 2.45) is 5.73 Å². The quantitative estimate of drug-likeness (QED) is 0.175. The van der Waals surface area contributed by atoms with E-state index in [0.29, 0.717) is 38.8 Å². The Hall–Kier alpha value is -2.21. The van der Waals surface area contributed by atoms with Crippen LogP contribution in [-0.2, 0) is 23.9 Å². The van der Waals surface area contributed by atoms with E-state index in [1.807, 2.05) is 0 Å². The highest BCUT2D eigenvalue weighted by Crippen LogP contribution is 2.25. The molecule has 0 aromatic carbocycles. The number of unbranched alkanes of at least 4 members (excludes halogenated alkanes) is 1. The third-order valence-electron chi connectivity index (χ3n) is 4.61. The third kappa shape index (κ3) is 5.89. The first-order valence-corrected chi connectivity index (χ1v) is 9.27. The van der Waals surface area contributed by atoms with Crippen molar-refractivity contribution in [2.45, 2.75) is 56.4 Å². The number of nitrogens with two attached hydrogens (primary N) is 1. The molecule has 0 aromatic rings. The predicted molar refractivity (Wildman–Crippen MR) is 95.0 cm³/mol. The zero-order valence-corrected chi connectivity index (χ0v) is 15.4. The molecule has 0 aromatic heterocycles. The predicted octanol–water partition coefficient (Wildman–Crippen LogP) is -1.49. The summed E-state index contributed by atoms with van der Waals surface area (Å²) in [7, 11) is 0. The first-order chi connectivity index (χ1) is 13.3. The van der Waals surface area contributed by atoms with E-state index in [9.17, 15) is 24.6 Å². The third-order valence-corrected chi connectivity index (χ3v) is 4.61. The van der Waals surface area contributed by atoms with Crippen LogP contribution in [0.25, 0.3) is 0 Å². The van der Waals surface area contributed by atoms with Gasteiger partial charge in [-0.15, -0.1) is 0 Å². The molecule has 0 aliphatic carbocycles. The van der Waals surface area contributed by atoms with E-state index in [1.54, 1.807) is 0 Å². The summed E-state index contributed by atoms with van der Waals surface area (Å²) in [6.45, 7) is 1.16. The number of aliphatic hydroxyl groups excluding tert-OH is 2. The monoisotopic (exact) mass is 401 g/mol. The molecule has 11 heteroatoms. The molecule has 4 atom stereocenters. The average Bonchev–Trinajstić information content (AvgIpc) is 3.28. The molecule has 28 heavy (non-hydrogen) atoms. The molecule has 0 bridgehead atoms. The van der Waals surface area contributed by atoms with Crippen molar-refractivity contribution >= 4 is 17.9 Å². The Morgan fingerprint density at radius 2 is 2.14 bits per heavy atom. The highest BCUT2D eigenvalue weighted by atomic mass is 16.6. The summed E-state index contributed by atoms with van der Waals surface area (Å²) < 4.78 is 9.88. The van der Waals surface area contributed by atoms with Gasteiger partial charge in [0.25, 0.3) is 5.76 Å². The van der Waals surface area contributed by atoms with Gasteiger partial charge in [0.05, 0.1) is 0 Å². The van der Waals surface area contributed by atoms with Crippen molar-refractivity contribution in [1.29, 1.82) is 0 Å². The highest BCUT2D eigenvalue weighted by molar-refractivity contribution is 5.93. The summed E-state index contributed by atoms with van der Waals surface area (Å²) in [5.74, 6) is -3.93.